The van der Waals surface area contributed by atoms with E-state index in [1.807, 2.05) is 6.92 Å². The molecule has 1 unspecified atom stereocenters. The Kier molecular flexibility index (Phi) is 5.16. The van der Waals surface area contributed by atoms with E-state index in [0.29, 0.717) is 30.9 Å². The summed E-state index contributed by atoms with van der Waals surface area (Å²) in [6.45, 7) is 3.66. The summed E-state index contributed by atoms with van der Waals surface area (Å²) in [6.07, 6.45) is 0.852. The number of anilines is 1. The number of rotatable bonds is 4. The molecule has 1 fully saturated rings. The minimum Gasteiger partial charge on any atom is -0.399 e. The van der Waals surface area contributed by atoms with E-state index in [1.165, 1.54) is 0 Å². The van der Waals surface area contributed by atoms with Crippen LogP contribution in [0.5, 0.6) is 0 Å². The van der Waals surface area contributed by atoms with Gasteiger partial charge in [0.15, 0.2) is 0 Å². The van der Waals surface area contributed by atoms with E-state index in [-0.39, 0.29) is 18.4 Å². The maximum atomic E-state index is 12.5. The van der Waals surface area contributed by atoms with Gasteiger partial charge in [0.2, 0.25) is 5.91 Å². The summed E-state index contributed by atoms with van der Waals surface area (Å²) in [5.41, 5.74) is 6.76. The molecule has 0 radical (unpaired) electrons. The third kappa shape index (κ3) is 3.72. The van der Waals surface area contributed by atoms with Crippen LogP contribution in [-0.4, -0.2) is 49.1 Å². The largest absolute Gasteiger partial charge is 0.399 e. The minimum absolute atomic E-state index is 0.166. The van der Waals surface area contributed by atoms with Gasteiger partial charge in [0.05, 0.1) is 13.2 Å². The second kappa shape index (κ2) is 7.08. The number of ether oxygens (including phenoxy) is 1. The van der Waals surface area contributed by atoms with Gasteiger partial charge in [-0.3, -0.25) is 9.59 Å². The first-order valence-electron chi connectivity index (χ1n) is 7.15. The quantitative estimate of drug-likeness (QED) is 0.797. The molecular formula is C15H21N3O3. The Bertz CT molecular complexity index is 501. The van der Waals surface area contributed by atoms with Gasteiger partial charge in [0.1, 0.15) is 6.04 Å². The average Bonchev–Trinajstić information content (AvgIpc) is 2.52. The molecule has 1 aromatic carbocycles. The highest BCUT2D eigenvalue weighted by Crippen LogP contribution is 2.14. The molecule has 1 aromatic rings. The Morgan fingerprint density at radius 3 is 2.76 bits per heavy atom. The average molecular weight is 291 g/mol. The van der Waals surface area contributed by atoms with Gasteiger partial charge in [0, 0.05) is 24.3 Å². The van der Waals surface area contributed by atoms with E-state index >= 15 is 0 Å². The standard InChI is InChI=1S/C15H21N3O3/c1-2-7-17-14(19)13-10-21-9-8-18(13)15(20)11-3-5-12(16)6-4-11/h3-6,13H,2,7-10,16H2,1H3,(H,17,19). The summed E-state index contributed by atoms with van der Waals surface area (Å²) >= 11 is 0. The molecule has 1 saturated heterocycles. The Labute approximate surface area is 124 Å². The second-order valence-electron chi connectivity index (χ2n) is 5.00. The van der Waals surface area contributed by atoms with Gasteiger partial charge in [-0.25, -0.2) is 0 Å². The highest BCUT2D eigenvalue weighted by atomic mass is 16.5. The number of benzene rings is 1. The summed E-state index contributed by atoms with van der Waals surface area (Å²) in [4.78, 5) is 26.3. The number of nitrogens with one attached hydrogen (secondary N) is 1. The van der Waals surface area contributed by atoms with Crippen LogP contribution in [0.1, 0.15) is 23.7 Å². The molecule has 1 aliphatic heterocycles. The van der Waals surface area contributed by atoms with Crippen molar-refractivity contribution >= 4 is 17.5 Å². The number of hydrogen-bond acceptors (Lipinski definition) is 4. The van der Waals surface area contributed by atoms with Crippen LogP contribution in [-0.2, 0) is 9.53 Å². The first-order valence-corrected chi connectivity index (χ1v) is 7.15. The van der Waals surface area contributed by atoms with Gasteiger partial charge in [-0.05, 0) is 30.7 Å². The molecule has 21 heavy (non-hydrogen) atoms. The summed E-state index contributed by atoms with van der Waals surface area (Å²) in [5, 5.41) is 2.81. The number of carbonyl (C=O) groups is 2. The lowest BCUT2D eigenvalue weighted by molar-refractivity contribution is -0.130. The number of nitrogen functional groups attached to an aromatic ring is 1. The fourth-order valence-corrected chi connectivity index (χ4v) is 2.22. The molecule has 6 heteroatoms. The lowest BCUT2D eigenvalue weighted by Crippen LogP contribution is -2.56. The van der Waals surface area contributed by atoms with Crippen LogP contribution in [0.3, 0.4) is 0 Å². The number of nitrogens with zero attached hydrogens (tertiary/aromatic N) is 1. The van der Waals surface area contributed by atoms with Crippen LogP contribution in [0, 0.1) is 0 Å². The van der Waals surface area contributed by atoms with E-state index in [4.69, 9.17) is 10.5 Å². The van der Waals surface area contributed by atoms with E-state index in [0.717, 1.165) is 6.42 Å². The Hall–Kier alpha value is -2.08. The van der Waals surface area contributed by atoms with Gasteiger partial charge in [-0.15, -0.1) is 0 Å². The van der Waals surface area contributed by atoms with Crippen molar-refractivity contribution in [2.24, 2.45) is 0 Å². The highest BCUT2D eigenvalue weighted by molar-refractivity contribution is 5.98. The zero-order valence-electron chi connectivity index (χ0n) is 12.2. The highest BCUT2D eigenvalue weighted by Gasteiger charge is 2.33. The van der Waals surface area contributed by atoms with Crippen LogP contribution < -0.4 is 11.1 Å². The third-order valence-corrected chi connectivity index (χ3v) is 3.40. The van der Waals surface area contributed by atoms with E-state index in [9.17, 15) is 9.59 Å². The number of amides is 2. The molecule has 2 amide bonds. The number of morpholine rings is 1. The zero-order valence-corrected chi connectivity index (χ0v) is 12.2. The number of carbonyl (C=O) groups excluding carboxylic acids is 2. The Morgan fingerprint density at radius 1 is 1.38 bits per heavy atom. The van der Waals surface area contributed by atoms with Gasteiger partial charge in [-0.2, -0.15) is 0 Å². The predicted octanol–water partition coefficient (Wildman–Crippen LogP) is 0.636. The fraction of sp³-hybridized carbons (Fsp3) is 0.467. The molecular weight excluding hydrogens is 270 g/mol. The molecule has 0 aromatic heterocycles. The summed E-state index contributed by atoms with van der Waals surface area (Å²) < 4.78 is 5.34. The molecule has 1 atom stereocenters. The van der Waals surface area contributed by atoms with Crippen molar-refractivity contribution in [2.45, 2.75) is 19.4 Å². The van der Waals surface area contributed by atoms with Crippen molar-refractivity contribution in [3.63, 3.8) is 0 Å². The van der Waals surface area contributed by atoms with Crippen LogP contribution in [0.2, 0.25) is 0 Å². The van der Waals surface area contributed by atoms with E-state index in [2.05, 4.69) is 5.32 Å². The van der Waals surface area contributed by atoms with Gasteiger partial charge >= 0.3 is 0 Å². The molecule has 3 N–H and O–H groups in total. The molecule has 1 heterocycles. The Morgan fingerprint density at radius 2 is 2.10 bits per heavy atom. The molecule has 114 valence electrons. The minimum atomic E-state index is -0.574. The van der Waals surface area contributed by atoms with E-state index < -0.39 is 6.04 Å². The molecule has 0 bridgehead atoms. The van der Waals surface area contributed by atoms with Gasteiger partial charge in [-0.1, -0.05) is 6.92 Å². The third-order valence-electron chi connectivity index (χ3n) is 3.40. The molecule has 2 rings (SSSR count). The topological polar surface area (TPSA) is 84.7 Å². The zero-order chi connectivity index (χ0) is 15.2. The summed E-state index contributed by atoms with van der Waals surface area (Å²) in [5.74, 6) is -0.338. The van der Waals surface area contributed by atoms with Crippen molar-refractivity contribution in [2.75, 3.05) is 32.0 Å². The molecule has 6 nitrogen and oxygen atoms in total. The maximum Gasteiger partial charge on any atom is 0.254 e. The second-order valence-corrected chi connectivity index (χ2v) is 5.00. The summed E-state index contributed by atoms with van der Waals surface area (Å²) in [7, 11) is 0. The SMILES string of the molecule is CCCNC(=O)C1COCCN1C(=O)c1ccc(N)cc1. The smallest absolute Gasteiger partial charge is 0.254 e. The number of nitrogens with two attached hydrogens (primary N) is 1. The lowest BCUT2D eigenvalue weighted by atomic mass is 10.1. The van der Waals surface area contributed by atoms with Crippen LogP contribution in [0.15, 0.2) is 24.3 Å². The normalized spacial score (nSPS) is 18.3. The maximum absolute atomic E-state index is 12.5. The fourth-order valence-electron chi connectivity index (χ4n) is 2.22. The van der Waals surface area contributed by atoms with Crippen molar-refractivity contribution < 1.29 is 14.3 Å². The summed E-state index contributed by atoms with van der Waals surface area (Å²) in [6, 6.07) is 6.14. The van der Waals surface area contributed by atoms with E-state index in [1.54, 1.807) is 29.2 Å². The Balaban J connectivity index is 2.12. The number of hydrogen-bond donors (Lipinski definition) is 2. The first kappa shape index (κ1) is 15.3. The molecule has 0 saturated carbocycles. The molecule has 0 spiro atoms. The van der Waals surface area contributed by atoms with Crippen LogP contribution in [0.25, 0.3) is 0 Å². The van der Waals surface area contributed by atoms with Crippen LogP contribution >= 0.6 is 0 Å². The van der Waals surface area contributed by atoms with Crippen molar-refractivity contribution in [3.8, 4) is 0 Å². The first-order chi connectivity index (χ1) is 10.1. The van der Waals surface area contributed by atoms with Crippen molar-refractivity contribution in [1.29, 1.82) is 0 Å². The van der Waals surface area contributed by atoms with Gasteiger partial charge in [0.25, 0.3) is 5.91 Å². The van der Waals surface area contributed by atoms with Crippen molar-refractivity contribution in [3.05, 3.63) is 29.8 Å². The molecule has 1 aliphatic rings. The van der Waals surface area contributed by atoms with Crippen LogP contribution in [0.4, 0.5) is 5.69 Å². The lowest BCUT2D eigenvalue weighted by Gasteiger charge is -2.34. The van der Waals surface area contributed by atoms with Gasteiger partial charge < -0.3 is 20.7 Å². The monoisotopic (exact) mass is 291 g/mol. The molecule has 0 aliphatic carbocycles. The van der Waals surface area contributed by atoms with Crippen molar-refractivity contribution in [1.82, 2.24) is 10.2 Å². The predicted molar refractivity (Wildman–Crippen MR) is 79.8 cm³/mol.